The molecule has 0 bridgehead atoms. The fraction of sp³-hybridized carbons (Fsp3) is 0.364. The lowest BCUT2D eigenvalue weighted by atomic mass is 10.0. The van der Waals surface area contributed by atoms with Gasteiger partial charge in [0.15, 0.2) is 0 Å². The standard InChI is InChI=1S/C11H13BrN2O2/c12-7-1-2-10-8(5-7)9(3-4-16-10)14-6-11(13)15/h1-2,5,9,14H,3-4,6H2,(H2,13,15). The molecule has 1 unspecified atom stereocenters. The number of nitrogens with two attached hydrogens (primary N) is 1. The fourth-order valence-electron chi connectivity index (χ4n) is 1.80. The van der Waals surface area contributed by atoms with Crippen LogP contribution >= 0.6 is 15.9 Å². The lowest BCUT2D eigenvalue weighted by Crippen LogP contribution is -2.34. The molecular formula is C11H13BrN2O2. The molecule has 0 radical (unpaired) electrons. The Morgan fingerprint density at radius 3 is 3.19 bits per heavy atom. The monoisotopic (exact) mass is 284 g/mol. The highest BCUT2D eigenvalue weighted by Gasteiger charge is 2.21. The molecule has 0 aliphatic carbocycles. The SMILES string of the molecule is NC(=O)CNC1CCOc2ccc(Br)cc21. The molecule has 1 aromatic carbocycles. The lowest BCUT2D eigenvalue weighted by molar-refractivity contribution is -0.117. The second kappa shape index (κ2) is 4.84. The van der Waals surface area contributed by atoms with Crippen LogP contribution in [-0.2, 0) is 4.79 Å². The van der Waals surface area contributed by atoms with Gasteiger partial charge in [-0.2, -0.15) is 0 Å². The summed E-state index contributed by atoms with van der Waals surface area (Å²) < 4.78 is 6.54. The first-order chi connectivity index (χ1) is 7.66. The minimum atomic E-state index is -0.344. The summed E-state index contributed by atoms with van der Waals surface area (Å²) in [7, 11) is 0. The number of fused-ring (bicyclic) bond motifs is 1. The molecule has 1 aromatic rings. The highest BCUT2D eigenvalue weighted by molar-refractivity contribution is 9.10. The summed E-state index contributed by atoms with van der Waals surface area (Å²) in [6.45, 7) is 0.849. The van der Waals surface area contributed by atoms with Gasteiger partial charge in [-0.25, -0.2) is 0 Å². The second-order valence-electron chi connectivity index (χ2n) is 3.72. The first-order valence-electron chi connectivity index (χ1n) is 5.11. The largest absolute Gasteiger partial charge is 0.493 e. The maximum atomic E-state index is 10.7. The number of rotatable bonds is 3. The summed E-state index contributed by atoms with van der Waals surface area (Å²) in [6, 6.07) is 6.01. The van der Waals surface area contributed by atoms with Crippen molar-refractivity contribution in [1.82, 2.24) is 5.32 Å². The quantitative estimate of drug-likeness (QED) is 0.881. The molecule has 2 rings (SSSR count). The number of amides is 1. The van der Waals surface area contributed by atoms with E-state index in [1.54, 1.807) is 0 Å². The third-order valence-electron chi connectivity index (χ3n) is 2.53. The highest BCUT2D eigenvalue weighted by Crippen LogP contribution is 2.33. The molecule has 0 saturated heterocycles. The topological polar surface area (TPSA) is 64.4 Å². The summed E-state index contributed by atoms with van der Waals surface area (Å²) in [4.78, 5) is 10.7. The Balaban J connectivity index is 2.18. The average Bonchev–Trinajstić information content (AvgIpc) is 2.26. The van der Waals surface area contributed by atoms with E-state index < -0.39 is 0 Å². The number of benzene rings is 1. The Labute approximate surface area is 102 Å². The van der Waals surface area contributed by atoms with Gasteiger partial charge in [0.1, 0.15) is 5.75 Å². The molecule has 1 aliphatic rings. The van der Waals surface area contributed by atoms with Crippen LogP contribution in [0.2, 0.25) is 0 Å². The molecular weight excluding hydrogens is 272 g/mol. The smallest absolute Gasteiger partial charge is 0.231 e. The molecule has 1 heterocycles. The van der Waals surface area contributed by atoms with Crippen LogP contribution < -0.4 is 15.8 Å². The molecule has 0 spiro atoms. The molecule has 1 aliphatic heterocycles. The van der Waals surface area contributed by atoms with E-state index >= 15 is 0 Å². The number of nitrogens with one attached hydrogen (secondary N) is 1. The summed E-state index contributed by atoms with van der Waals surface area (Å²) in [5.41, 5.74) is 6.19. The maximum absolute atomic E-state index is 10.7. The van der Waals surface area contributed by atoms with E-state index in [4.69, 9.17) is 10.5 Å². The van der Waals surface area contributed by atoms with E-state index in [-0.39, 0.29) is 18.5 Å². The van der Waals surface area contributed by atoms with Crippen molar-refractivity contribution >= 4 is 21.8 Å². The summed E-state index contributed by atoms with van der Waals surface area (Å²) in [5.74, 6) is 0.527. The molecule has 1 atom stereocenters. The normalized spacial score (nSPS) is 18.7. The van der Waals surface area contributed by atoms with Gasteiger partial charge in [-0.15, -0.1) is 0 Å². The first-order valence-corrected chi connectivity index (χ1v) is 5.90. The van der Waals surface area contributed by atoms with E-state index in [1.165, 1.54) is 0 Å². The second-order valence-corrected chi connectivity index (χ2v) is 4.63. The average molecular weight is 285 g/mol. The third kappa shape index (κ3) is 2.54. The van der Waals surface area contributed by atoms with Gasteiger partial charge >= 0.3 is 0 Å². The van der Waals surface area contributed by atoms with Crippen molar-refractivity contribution in [2.75, 3.05) is 13.2 Å². The van der Waals surface area contributed by atoms with Gasteiger partial charge in [-0.1, -0.05) is 15.9 Å². The van der Waals surface area contributed by atoms with Gasteiger partial charge in [0.05, 0.1) is 13.2 Å². The zero-order chi connectivity index (χ0) is 11.5. The number of primary amides is 1. The van der Waals surface area contributed by atoms with Crippen molar-refractivity contribution in [2.45, 2.75) is 12.5 Å². The summed E-state index contributed by atoms with van der Waals surface area (Å²) in [6.07, 6.45) is 0.844. The fourth-order valence-corrected chi connectivity index (χ4v) is 2.18. The number of carbonyl (C=O) groups is 1. The molecule has 0 fully saturated rings. The van der Waals surface area contributed by atoms with Gasteiger partial charge in [0.2, 0.25) is 5.91 Å². The van der Waals surface area contributed by atoms with Gasteiger partial charge in [-0.3, -0.25) is 4.79 Å². The zero-order valence-electron chi connectivity index (χ0n) is 8.70. The van der Waals surface area contributed by atoms with Crippen LogP contribution in [0.5, 0.6) is 5.75 Å². The van der Waals surface area contributed by atoms with E-state index in [0.29, 0.717) is 6.61 Å². The van der Waals surface area contributed by atoms with Gasteiger partial charge in [0, 0.05) is 22.5 Å². The van der Waals surface area contributed by atoms with Gasteiger partial charge < -0.3 is 15.8 Å². The first kappa shape index (κ1) is 11.4. The van der Waals surface area contributed by atoms with E-state index in [2.05, 4.69) is 21.2 Å². The Hall–Kier alpha value is -1.07. The molecule has 86 valence electrons. The molecule has 3 N–H and O–H groups in total. The minimum Gasteiger partial charge on any atom is -0.493 e. The number of carbonyl (C=O) groups excluding carboxylic acids is 1. The van der Waals surface area contributed by atoms with Crippen LogP contribution in [0.3, 0.4) is 0 Å². The van der Waals surface area contributed by atoms with Crippen LogP contribution in [0.15, 0.2) is 22.7 Å². The van der Waals surface area contributed by atoms with Crippen molar-refractivity contribution < 1.29 is 9.53 Å². The maximum Gasteiger partial charge on any atom is 0.231 e. The van der Waals surface area contributed by atoms with Crippen molar-refractivity contribution in [1.29, 1.82) is 0 Å². The van der Waals surface area contributed by atoms with Crippen LogP contribution in [0.1, 0.15) is 18.0 Å². The Kier molecular flexibility index (Phi) is 3.46. The lowest BCUT2D eigenvalue weighted by Gasteiger charge is -2.26. The third-order valence-corrected chi connectivity index (χ3v) is 3.03. The number of hydrogen-bond donors (Lipinski definition) is 2. The molecule has 1 amide bonds. The zero-order valence-corrected chi connectivity index (χ0v) is 10.3. The van der Waals surface area contributed by atoms with E-state index in [1.807, 2.05) is 18.2 Å². The summed E-state index contributed by atoms with van der Waals surface area (Å²) >= 11 is 3.42. The number of halogens is 1. The van der Waals surface area contributed by atoms with Crippen LogP contribution in [0.4, 0.5) is 0 Å². The Bertz CT molecular complexity index is 409. The van der Waals surface area contributed by atoms with Crippen molar-refractivity contribution in [3.05, 3.63) is 28.2 Å². The van der Waals surface area contributed by atoms with Crippen molar-refractivity contribution in [2.24, 2.45) is 5.73 Å². The number of hydrogen-bond acceptors (Lipinski definition) is 3. The van der Waals surface area contributed by atoms with Crippen LogP contribution in [0.25, 0.3) is 0 Å². The van der Waals surface area contributed by atoms with E-state index in [0.717, 1.165) is 22.2 Å². The molecule has 0 aromatic heterocycles. The minimum absolute atomic E-state index is 0.133. The van der Waals surface area contributed by atoms with Crippen LogP contribution in [0, 0.1) is 0 Å². The molecule has 0 saturated carbocycles. The van der Waals surface area contributed by atoms with Crippen LogP contribution in [-0.4, -0.2) is 19.1 Å². The molecule has 5 heteroatoms. The predicted octanol–water partition coefficient (Wildman–Crippen LogP) is 1.35. The summed E-state index contributed by atoms with van der Waals surface area (Å²) in [5, 5.41) is 3.13. The Morgan fingerprint density at radius 2 is 2.44 bits per heavy atom. The molecule has 16 heavy (non-hydrogen) atoms. The van der Waals surface area contributed by atoms with Gasteiger partial charge in [-0.05, 0) is 18.2 Å². The van der Waals surface area contributed by atoms with E-state index in [9.17, 15) is 4.79 Å². The van der Waals surface area contributed by atoms with Crippen molar-refractivity contribution in [3.8, 4) is 5.75 Å². The Morgan fingerprint density at radius 1 is 1.62 bits per heavy atom. The molecule has 4 nitrogen and oxygen atoms in total. The highest BCUT2D eigenvalue weighted by atomic mass is 79.9. The number of ether oxygens (including phenoxy) is 1. The van der Waals surface area contributed by atoms with Crippen molar-refractivity contribution in [3.63, 3.8) is 0 Å². The van der Waals surface area contributed by atoms with Gasteiger partial charge in [0.25, 0.3) is 0 Å². The predicted molar refractivity (Wildman–Crippen MR) is 64.2 cm³/mol.